The van der Waals surface area contributed by atoms with Crippen molar-refractivity contribution in [2.75, 3.05) is 20.2 Å². The summed E-state index contributed by atoms with van der Waals surface area (Å²) in [6, 6.07) is 4.17. The first kappa shape index (κ1) is 11.5. The molecular formula is C14H17N3O. The average Bonchev–Trinajstić information content (AvgIpc) is 2.95. The third kappa shape index (κ3) is 2.06. The summed E-state index contributed by atoms with van der Waals surface area (Å²) < 4.78 is 5.75. The Hall–Kier alpha value is -1.60. The van der Waals surface area contributed by atoms with E-state index < -0.39 is 0 Å². The molecule has 2 bridgehead atoms. The number of aromatic nitrogens is 1. The highest BCUT2D eigenvalue weighted by Gasteiger charge is 2.43. The van der Waals surface area contributed by atoms with Crippen LogP contribution >= 0.6 is 0 Å². The van der Waals surface area contributed by atoms with Gasteiger partial charge in [-0.1, -0.05) is 0 Å². The van der Waals surface area contributed by atoms with Crippen molar-refractivity contribution in [3.63, 3.8) is 0 Å². The molecule has 3 unspecified atom stereocenters. The number of rotatable bonds is 3. The van der Waals surface area contributed by atoms with Crippen LogP contribution in [0.1, 0.15) is 12.8 Å². The maximum Gasteiger partial charge on any atom is 0.202 e. The van der Waals surface area contributed by atoms with Gasteiger partial charge in [0.25, 0.3) is 0 Å². The smallest absolute Gasteiger partial charge is 0.202 e. The normalized spacial score (nSPS) is 30.3. The van der Waals surface area contributed by atoms with Crippen molar-refractivity contribution < 1.29 is 4.74 Å². The van der Waals surface area contributed by atoms with Gasteiger partial charge in [0.15, 0.2) is 5.69 Å². The Morgan fingerprint density at radius 2 is 2.44 bits per heavy atom. The lowest BCUT2D eigenvalue weighted by Crippen LogP contribution is -2.34. The summed E-state index contributed by atoms with van der Waals surface area (Å²) in [6.45, 7) is 8.91. The maximum atomic E-state index is 6.97. The van der Waals surface area contributed by atoms with Gasteiger partial charge in [-0.05, 0) is 37.8 Å². The van der Waals surface area contributed by atoms with Crippen LogP contribution in [0.4, 0.5) is 5.69 Å². The van der Waals surface area contributed by atoms with Crippen molar-refractivity contribution in [2.24, 2.45) is 11.8 Å². The van der Waals surface area contributed by atoms with Crippen LogP contribution in [0.2, 0.25) is 0 Å². The fourth-order valence-corrected chi connectivity index (χ4v) is 3.23. The molecule has 1 saturated heterocycles. The van der Waals surface area contributed by atoms with Crippen LogP contribution in [0.5, 0.6) is 5.88 Å². The van der Waals surface area contributed by atoms with Crippen molar-refractivity contribution in [1.29, 1.82) is 0 Å². The van der Waals surface area contributed by atoms with Gasteiger partial charge in [0, 0.05) is 24.8 Å². The summed E-state index contributed by atoms with van der Waals surface area (Å²) in [7, 11) is 2.21. The molecule has 0 aromatic carbocycles. The minimum Gasteiger partial charge on any atom is -0.478 e. The molecule has 0 N–H and O–H groups in total. The van der Waals surface area contributed by atoms with Gasteiger partial charge in [0.2, 0.25) is 5.88 Å². The van der Waals surface area contributed by atoms with Crippen molar-refractivity contribution in [3.05, 3.63) is 29.7 Å². The van der Waals surface area contributed by atoms with Crippen LogP contribution in [0.3, 0.4) is 0 Å². The number of nitrogens with zero attached hydrogens (tertiary/aromatic N) is 3. The Labute approximate surface area is 107 Å². The largest absolute Gasteiger partial charge is 0.478 e. The molecular weight excluding hydrogens is 226 g/mol. The van der Waals surface area contributed by atoms with Gasteiger partial charge in [0.05, 0.1) is 13.2 Å². The maximum absolute atomic E-state index is 6.97. The Kier molecular flexibility index (Phi) is 2.92. The molecule has 2 heterocycles. The zero-order valence-electron chi connectivity index (χ0n) is 10.5. The van der Waals surface area contributed by atoms with Crippen LogP contribution in [-0.4, -0.2) is 36.1 Å². The van der Waals surface area contributed by atoms with Crippen LogP contribution in [-0.2, 0) is 0 Å². The second-order valence-electron chi connectivity index (χ2n) is 5.36. The summed E-state index contributed by atoms with van der Waals surface area (Å²) in [5, 5.41) is 0. The lowest BCUT2D eigenvalue weighted by atomic mass is 9.96. The number of likely N-dealkylation sites (tertiary alicyclic amines) is 1. The molecule has 0 amide bonds. The molecule has 94 valence electrons. The highest BCUT2D eigenvalue weighted by molar-refractivity contribution is 5.45. The van der Waals surface area contributed by atoms with Gasteiger partial charge in [-0.2, -0.15) is 0 Å². The molecule has 1 aromatic rings. The number of hydrogen-bond acceptors (Lipinski definition) is 3. The topological polar surface area (TPSA) is 29.7 Å². The predicted octanol–water partition coefficient (Wildman–Crippen LogP) is 2.35. The number of hydrogen-bond donors (Lipinski definition) is 0. The summed E-state index contributed by atoms with van der Waals surface area (Å²) >= 11 is 0. The first-order valence-electron chi connectivity index (χ1n) is 6.43. The number of pyridine rings is 1. The van der Waals surface area contributed by atoms with Crippen LogP contribution in [0, 0.1) is 18.4 Å². The van der Waals surface area contributed by atoms with Crippen LogP contribution in [0.25, 0.3) is 4.85 Å². The Morgan fingerprint density at radius 1 is 1.56 bits per heavy atom. The molecule has 0 spiro atoms. The summed E-state index contributed by atoms with van der Waals surface area (Å²) in [4.78, 5) is 9.99. The molecule has 2 fully saturated rings. The van der Waals surface area contributed by atoms with E-state index in [1.807, 2.05) is 0 Å². The van der Waals surface area contributed by atoms with Crippen molar-refractivity contribution in [2.45, 2.75) is 18.9 Å². The Balaban J connectivity index is 1.58. The molecule has 1 aliphatic heterocycles. The van der Waals surface area contributed by atoms with E-state index in [1.54, 1.807) is 18.3 Å². The third-order valence-corrected chi connectivity index (χ3v) is 4.25. The van der Waals surface area contributed by atoms with Gasteiger partial charge in [0.1, 0.15) is 0 Å². The molecule has 4 heteroatoms. The van der Waals surface area contributed by atoms with Gasteiger partial charge in [-0.15, -0.1) is 0 Å². The SMILES string of the molecule is [C-]#[N+]c1ccnc(OCC2CC3CC2CN3C)c1. The van der Waals surface area contributed by atoms with E-state index in [1.165, 1.54) is 19.4 Å². The summed E-state index contributed by atoms with van der Waals surface area (Å²) in [5.41, 5.74) is 0.590. The van der Waals surface area contributed by atoms with Gasteiger partial charge in [-0.3, -0.25) is 0 Å². The molecule has 3 atom stereocenters. The quantitative estimate of drug-likeness (QED) is 0.763. The first-order valence-corrected chi connectivity index (χ1v) is 6.43. The van der Waals surface area contributed by atoms with Crippen molar-refractivity contribution in [1.82, 2.24) is 9.88 Å². The highest BCUT2D eigenvalue weighted by atomic mass is 16.5. The fourth-order valence-electron chi connectivity index (χ4n) is 3.23. The van der Waals surface area contributed by atoms with Crippen molar-refractivity contribution >= 4 is 5.69 Å². The molecule has 18 heavy (non-hydrogen) atoms. The van der Waals surface area contributed by atoms with Gasteiger partial charge < -0.3 is 9.64 Å². The first-order chi connectivity index (χ1) is 8.76. The number of fused-ring (bicyclic) bond motifs is 2. The Morgan fingerprint density at radius 3 is 3.11 bits per heavy atom. The second-order valence-corrected chi connectivity index (χ2v) is 5.36. The average molecular weight is 243 g/mol. The van der Waals surface area contributed by atoms with Crippen LogP contribution in [0.15, 0.2) is 18.3 Å². The molecule has 1 aromatic heterocycles. The standard InChI is InChI=1S/C14H17N3O/c1-15-12-3-4-16-14(7-12)18-9-11-6-13-5-10(11)8-17(13)2/h3-4,7,10-11,13H,5-6,8-9H2,2H3. The lowest BCUT2D eigenvalue weighted by molar-refractivity contribution is 0.149. The van der Waals surface area contributed by atoms with E-state index in [2.05, 4.69) is 21.8 Å². The number of piperidine rings is 1. The van der Waals surface area contributed by atoms with E-state index in [0.29, 0.717) is 17.5 Å². The molecule has 0 radical (unpaired) electrons. The minimum atomic E-state index is 0.583. The van der Waals surface area contributed by atoms with E-state index in [4.69, 9.17) is 11.3 Å². The highest BCUT2D eigenvalue weighted by Crippen LogP contribution is 2.41. The molecule has 1 aliphatic carbocycles. The zero-order valence-corrected chi connectivity index (χ0v) is 10.5. The Bertz CT molecular complexity index is 480. The molecule has 4 nitrogen and oxygen atoms in total. The van der Waals surface area contributed by atoms with E-state index in [9.17, 15) is 0 Å². The molecule has 2 aliphatic rings. The molecule has 3 rings (SSSR count). The van der Waals surface area contributed by atoms with Gasteiger partial charge in [-0.25, -0.2) is 9.83 Å². The predicted molar refractivity (Wildman–Crippen MR) is 68.6 cm³/mol. The second kappa shape index (κ2) is 4.58. The lowest BCUT2D eigenvalue weighted by Gasteiger charge is -2.28. The summed E-state index contributed by atoms with van der Waals surface area (Å²) in [5.74, 6) is 2.02. The fraction of sp³-hybridized carbons (Fsp3) is 0.571. The van der Waals surface area contributed by atoms with Gasteiger partial charge >= 0.3 is 0 Å². The van der Waals surface area contributed by atoms with E-state index in [-0.39, 0.29) is 0 Å². The van der Waals surface area contributed by atoms with Crippen LogP contribution < -0.4 is 4.74 Å². The third-order valence-electron chi connectivity index (χ3n) is 4.25. The molecule has 1 saturated carbocycles. The van der Waals surface area contributed by atoms with E-state index in [0.717, 1.165) is 18.6 Å². The monoisotopic (exact) mass is 243 g/mol. The van der Waals surface area contributed by atoms with Crippen molar-refractivity contribution in [3.8, 4) is 5.88 Å². The minimum absolute atomic E-state index is 0.583. The van der Waals surface area contributed by atoms with E-state index >= 15 is 0 Å². The number of ether oxygens (including phenoxy) is 1. The zero-order chi connectivity index (χ0) is 12.5. The summed E-state index contributed by atoms with van der Waals surface area (Å²) in [6.07, 6.45) is 4.20.